The molecule has 0 aliphatic heterocycles. The van der Waals surface area contributed by atoms with Crippen molar-refractivity contribution in [3.05, 3.63) is 65.9 Å². The van der Waals surface area contributed by atoms with Gasteiger partial charge in [-0.3, -0.25) is 9.78 Å². The first-order chi connectivity index (χ1) is 12.7. The highest BCUT2D eigenvalue weighted by molar-refractivity contribution is 5.97. The summed E-state index contributed by atoms with van der Waals surface area (Å²) in [4.78, 5) is 17.0. The van der Waals surface area contributed by atoms with Gasteiger partial charge in [0, 0.05) is 36.3 Å². The van der Waals surface area contributed by atoms with Crippen molar-refractivity contribution in [3.8, 4) is 11.3 Å². The molecule has 2 heterocycles. The summed E-state index contributed by atoms with van der Waals surface area (Å²) in [7, 11) is 0. The number of benzene rings is 1. The topological polar surface area (TPSA) is 72.7 Å². The Hall–Kier alpha value is -3.02. The van der Waals surface area contributed by atoms with E-state index in [0.29, 0.717) is 24.6 Å². The van der Waals surface area contributed by atoms with Crippen LogP contribution in [0, 0.1) is 6.92 Å². The highest BCUT2D eigenvalue weighted by Gasteiger charge is 2.28. The van der Waals surface area contributed by atoms with Crippen LogP contribution in [-0.2, 0) is 6.54 Å². The fourth-order valence-electron chi connectivity index (χ4n) is 3.16. The predicted molar refractivity (Wildman–Crippen MR) is 98.7 cm³/mol. The van der Waals surface area contributed by atoms with E-state index in [1.165, 1.54) is 12.8 Å². The third-order valence-electron chi connectivity index (χ3n) is 4.75. The predicted octanol–water partition coefficient (Wildman–Crippen LogP) is 2.96. The number of hydrogen-bond acceptors (Lipinski definition) is 4. The number of amides is 1. The van der Waals surface area contributed by atoms with Crippen molar-refractivity contribution in [1.82, 2.24) is 25.1 Å². The Bertz CT molecular complexity index is 915. The van der Waals surface area contributed by atoms with Crippen LogP contribution in [0.3, 0.4) is 0 Å². The normalized spacial score (nSPS) is 13.6. The summed E-state index contributed by atoms with van der Waals surface area (Å²) in [6.07, 6.45) is 5.88. The second kappa shape index (κ2) is 7.07. The second-order valence-electron chi connectivity index (χ2n) is 6.61. The van der Waals surface area contributed by atoms with Crippen LogP contribution in [0.2, 0.25) is 0 Å². The SMILES string of the molecule is Cc1c(C(=O)NCCn2cnnc2C2CC2)cccc1-c1ccccn1. The lowest BCUT2D eigenvalue weighted by molar-refractivity contribution is 0.0951. The smallest absolute Gasteiger partial charge is 0.251 e. The fraction of sp³-hybridized carbons (Fsp3) is 0.300. The Balaban J connectivity index is 1.44. The van der Waals surface area contributed by atoms with E-state index < -0.39 is 0 Å². The second-order valence-corrected chi connectivity index (χ2v) is 6.61. The molecule has 1 saturated carbocycles. The lowest BCUT2D eigenvalue weighted by Crippen LogP contribution is -2.28. The van der Waals surface area contributed by atoms with Crippen LogP contribution in [0.5, 0.6) is 0 Å². The van der Waals surface area contributed by atoms with Crippen molar-refractivity contribution in [2.24, 2.45) is 0 Å². The average molecular weight is 347 g/mol. The Morgan fingerprint density at radius 2 is 2.12 bits per heavy atom. The Morgan fingerprint density at radius 3 is 2.88 bits per heavy atom. The minimum absolute atomic E-state index is 0.0682. The molecule has 1 aromatic carbocycles. The van der Waals surface area contributed by atoms with E-state index >= 15 is 0 Å². The Morgan fingerprint density at radius 1 is 1.23 bits per heavy atom. The minimum Gasteiger partial charge on any atom is -0.350 e. The van der Waals surface area contributed by atoms with Gasteiger partial charge in [-0.1, -0.05) is 18.2 Å². The highest BCUT2D eigenvalue weighted by atomic mass is 16.1. The van der Waals surface area contributed by atoms with E-state index in [1.807, 2.05) is 47.9 Å². The molecule has 0 bridgehead atoms. The molecule has 0 radical (unpaired) electrons. The third kappa shape index (κ3) is 3.35. The van der Waals surface area contributed by atoms with E-state index in [0.717, 1.165) is 22.6 Å². The van der Waals surface area contributed by atoms with Gasteiger partial charge in [0.05, 0.1) is 5.69 Å². The van der Waals surface area contributed by atoms with Crippen LogP contribution in [0.1, 0.15) is 40.5 Å². The molecule has 1 amide bonds. The van der Waals surface area contributed by atoms with Gasteiger partial charge in [0.1, 0.15) is 12.2 Å². The molecule has 1 aliphatic rings. The lowest BCUT2D eigenvalue weighted by Gasteiger charge is -2.12. The molecule has 1 aliphatic carbocycles. The van der Waals surface area contributed by atoms with Gasteiger partial charge in [-0.05, 0) is 43.5 Å². The van der Waals surface area contributed by atoms with Crippen LogP contribution in [0.15, 0.2) is 48.9 Å². The Kier molecular flexibility index (Phi) is 4.48. The van der Waals surface area contributed by atoms with Gasteiger partial charge in [-0.25, -0.2) is 0 Å². The fourth-order valence-corrected chi connectivity index (χ4v) is 3.16. The van der Waals surface area contributed by atoms with Gasteiger partial charge < -0.3 is 9.88 Å². The van der Waals surface area contributed by atoms with Crippen molar-refractivity contribution in [2.45, 2.75) is 32.2 Å². The van der Waals surface area contributed by atoms with Crippen LogP contribution in [0.25, 0.3) is 11.3 Å². The van der Waals surface area contributed by atoms with Crippen molar-refractivity contribution >= 4 is 5.91 Å². The molecule has 1 fully saturated rings. The summed E-state index contributed by atoms with van der Waals surface area (Å²) in [6, 6.07) is 11.5. The standard InChI is InChI=1S/C20H21N5O/c1-14-16(18-7-2-3-10-21-18)5-4-6-17(14)20(26)22-11-12-25-13-23-24-19(25)15-8-9-15/h2-7,10,13,15H,8-9,11-12H2,1H3,(H,22,26). The third-order valence-corrected chi connectivity index (χ3v) is 4.75. The first-order valence-electron chi connectivity index (χ1n) is 8.91. The van der Waals surface area contributed by atoms with Crippen LogP contribution < -0.4 is 5.32 Å². The van der Waals surface area contributed by atoms with E-state index in [-0.39, 0.29) is 5.91 Å². The number of carbonyl (C=O) groups is 1. The minimum atomic E-state index is -0.0682. The zero-order chi connectivity index (χ0) is 17.9. The number of nitrogens with one attached hydrogen (secondary N) is 1. The number of nitrogens with zero attached hydrogens (tertiary/aromatic N) is 4. The van der Waals surface area contributed by atoms with Gasteiger partial charge in [0.15, 0.2) is 0 Å². The number of rotatable bonds is 6. The van der Waals surface area contributed by atoms with Crippen molar-refractivity contribution < 1.29 is 4.79 Å². The summed E-state index contributed by atoms with van der Waals surface area (Å²) >= 11 is 0. The molecule has 1 N–H and O–H groups in total. The summed E-state index contributed by atoms with van der Waals surface area (Å²) in [6.45, 7) is 3.19. The molecule has 0 saturated heterocycles. The van der Waals surface area contributed by atoms with Crippen molar-refractivity contribution in [3.63, 3.8) is 0 Å². The van der Waals surface area contributed by atoms with E-state index in [9.17, 15) is 4.79 Å². The molecule has 2 aromatic heterocycles. The van der Waals surface area contributed by atoms with Gasteiger partial charge in [0.25, 0.3) is 5.91 Å². The summed E-state index contributed by atoms with van der Waals surface area (Å²) in [5.41, 5.74) is 3.47. The van der Waals surface area contributed by atoms with E-state index in [1.54, 1.807) is 12.5 Å². The van der Waals surface area contributed by atoms with E-state index in [2.05, 4.69) is 20.5 Å². The molecule has 132 valence electrons. The van der Waals surface area contributed by atoms with Gasteiger partial charge in [-0.2, -0.15) is 0 Å². The number of aromatic nitrogens is 4. The van der Waals surface area contributed by atoms with Crippen LogP contribution in [-0.4, -0.2) is 32.2 Å². The maximum absolute atomic E-state index is 12.6. The maximum Gasteiger partial charge on any atom is 0.251 e. The monoisotopic (exact) mass is 347 g/mol. The molecule has 4 rings (SSSR count). The van der Waals surface area contributed by atoms with Gasteiger partial charge >= 0.3 is 0 Å². The lowest BCUT2D eigenvalue weighted by atomic mass is 9.99. The Labute approximate surface area is 152 Å². The molecule has 6 heteroatoms. The molecule has 0 unspecified atom stereocenters. The first-order valence-corrected chi connectivity index (χ1v) is 8.91. The number of hydrogen-bond donors (Lipinski definition) is 1. The molecule has 26 heavy (non-hydrogen) atoms. The molecule has 0 atom stereocenters. The van der Waals surface area contributed by atoms with Crippen LogP contribution >= 0.6 is 0 Å². The number of pyridine rings is 1. The molecule has 3 aromatic rings. The molecular weight excluding hydrogens is 326 g/mol. The zero-order valence-corrected chi connectivity index (χ0v) is 14.7. The highest BCUT2D eigenvalue weighted by Crippen LogP contribution is 2.38. The van der Waals surface area contributed by atoms with E-state index in [4.69, 9.17) is 0 Å². The van der Waals surface area contributed by atoms with Gasteiger partial charge in [0.2, 0.25) is 0 Å². The molecular formula is C20H21N5O. The molecule has 0 spiro atoms. The summed E-state index contributed by atoms with van der Waals surface area (Å²) in [5.74, 6) is 1.51. The molecule has 6 nitrogen and oxygen atoms in total. The summed E-state index contributed by atoms with van der Waals surface area (Å²) < 4.78 is 2.04. The maximum atomic E-state index is 12.6. The zero-order valence-electron chi connectivity index (χ0n) is 14.7. The summed E-state index contributed by atoms with van der Waals surface area (Å²) in [5, 5.41) is 11.2. The first kappa shape index (κ1) is 16.4. The van der Waals surface area contributed by atoms with Crippen molar-refractivity contribution in [2.75, 3.05) is 6.54 Å². The van der Waals surface area contributed by atoms with Crippen LogP contribution in [0.4, 0.5) is 0 Å². The van der Waals surface area contributed by atoms with Gasteiger partial charge in [-0.15, -0.1) is 10.2 Å². The average Bonchev–Trinajstić information content (AvgIpc) is 3.41. The largest absolute Gasteiger partial charge is 0.350 e. The quantitative estimate of drug-likeness (QED) is 0.744. The van der Waals surface area contributed by atoms with Crippen molar-refractivity contribution in [1.29, 1.82) is 0 Å². The number of carbonyl (C=O) groups excluding carboxylic acids is 1.